The molecule has 3 aromatic rings. The lowest BCUT2D eigenvalue weighted by molar-refractivity contribution is 0.262. The first kappa shape index (κ1) is 21.7. The van der Waals surface area contributed by atoms with E-state index in [4.69, 9.17) is 13.9 Å². The zero-order valence-corrected chi connectivity index (χ0v) is 17.6. The second-order valence-electron chi connectivity index (χ2n) is 7.07. The van der Waals surface area contributed by atoms with Gasteiger partial charge in [-0.15, -0.1) is 0 Å². The number of hydrogen-bond acceptors (Lipinski definition) is 6. The van der Waals surface area contributed by atoms with E-state index in [1.54, 1.807) is 18.3 Å². The maximum atomic E-state index is 9.78. The molecule has 0 amide bonds. The number of rotatable bonds is 11. The molecule has 3 rings (SSSR count). The molecule has 0 aliphatic rings. The summed E-state index contributed by atoms with van der Waals surface area (Å²) in [5.74, 6) is 2.36. The third kappa shape index (κ3) is 5.13. The molecule has 0 unspecified atom stereocenters. The van der Waals surface area contributed by atoms with Gasteiger partial charge in [0.1, 0.15) is 5.75 Å². The third-order valence-corrected chi connectivity index (χ3v) is 4.75. The maximum Gasteiger partial charge on any atom is 0.226 e. The van der Waals surface area contributed by atoms with Gasteiger partial charge in [-0.1, -0.05) is 32.8 Å². The topological polar surface area (TPSA) is 85.0 Å². The van der Waals surface area contributed by atoms with Crippen LogP contribution in [0.4, 0.5) is 0 Å². The molecule has 0 radical (unpaired) electrons. The Morgan fingerprint density at radius 2 is 1.77 bits per heavy atom. The van der Waals surface area contributed by atoms with Gasteiger partial charge >= 0.3 is 0 Å². The lowest BCUT2D eigenvalue weighted by Crippen LogP contribution is -2.03. The smallest absolute Gasteiger partial charge is 0.226 e. The Labute approximate surface area is 177 Å². The SMILES string of the molecule is CCCCOc1cccc(-c2cnc(-c3ccc(O)c(CO)c3)o2)c1OCCCC. The molecule has 1 aromatic heterocycles. The van der Waals surface area contributed by atoms with Gasteiger partial charge in [-0.2, -0.15) is 0 Å². The Hall–Kier alpha value is -2.99. The molecule has 0 atom stereocenters. The molecule has 0 saturated carbocycles. The predicted molar refractivity (Wildman–Crippen MR) is 116 cm³/mol. The number of aromatic hydroxyl groups is 1. The van der Waals surface area contributed by atoms with Crippen molar-refractivity contribution in [3.63, 3.8) is 0 Å². The van der Waals surface area contributed by atoms with E-state index in [1.807, 2.05) is 18.2 Å². The van der Waals surface area contributed by atoms with Gasteiger partial charge in [-0.3, -0.25) is 0 Å². The van der Waals surface area contributed by atoms with Crippen LogP contribution in [0.1, 0.15) is 45.1 Å². The number of benzene rings is 2. The minimum atomic E-state index is -0.264. The normalized spacial score (nSPS) is 10.9. The van der Waals surface area contributed by atoms with E-state index < -0.39 is 0 Å². The Kier molecular flexibility index (Phi) is 7.74. The van der Waals surface area contributed by atoms with Crippen LogP contribution in [0.25, 0.3) is 22.8 Å². The molecule has 0 spiro atoms. The van der Waals surface area contributed by atoms with Gasteiger partial charge < -0.3 is 24.1 Å². The fraction of sp³-hybridized carbons (Fsp3) is 0.375. The fourth-order valence-electron chi connectivity index (χ4n) is 2.99. The summed E-state index contributed by atoms with van der Waals surface area (Å²) in [6.45, 7) is 5.20. The van der Waals surface area contributed by atoms with Crippen molar-refractivity contribution in [2.45, 2.75) is 46.1 Å². The lowest BCUT2D eigenvalue weighted by Gasteiger charge is -2.15. The standard InChI is InChI=1S/C24H29NO5/c1-3-5-12-28-21-9-7-8-19(23(21)29-13-6-4-2)22-15-25-24(30-22)17-10-11-20(27)18(14-17)16-26/h7-11,14-15,26-27H,3-6,12-13,16H2,1-2H3. The van der Waals surface area contributed by atoms with Crippen molar-refractivity contribution >= 4 is 0 Å². The number of aromatic nitrogens is 1. The van der Waals surface area contributed by atoms with E-state index in [-0.39, 0.29) is 12.4 Å². The molecule has 0 bridgehead atoms. The molecule has 6 nitrogen and oxygen atoms in total. The van der Waals surface area contributed by atoms with Crippen LogP contribution in [0, 0.1) is 0 Å². The highest BCUT2D eigenvalue weighted by Gasteiger charge is 2.18. The van der Waals surface area contributed by atoms with Crippen LogP contribution < -0.4 is 9.47 Å². The number of nitrogens with zero attached hydrogens (tertiary/aromatic N) is 1. The van der Waals surface area contributed by atoms with Gasteiger partial charge in [-0.25, -0.2) is 4.98 Å². The van der Waals surface area contributed by atoms with Crippen LogP contribution in [0.2, 0.25) is 0 Å². The Balaban J connectivity index is 1.93. The Bertz CT molecular complexity index is 951. The van der Waals surface area contributed by atoms with E-state index in [1.165, 1.54) is 6.07 Å². The first-order chi connectivity index (χ1) is 14.7. The summed E-state index contributed by atoms with van der Waals surface area (Å²) in [5, 5.41) is 19.2. The van der Waals surface area contributed by atoms with Crippen LogP contribution in [0.5, 0.6) is 17.2 Å². The molecule has 6 heteroatoms. The number of phenols is 1. The molecule has 2 N–H and O–H groups in total. The van der Waals surface area contributed by atoms with Crippen LogP contribution in [-0.2, 0) is 6.61 Å². The van der Waals surface area contributed by atoms with Crippen molar-refractivity contribution in [1.29, 1.82) is 0 Å². The highest BCUT2D eigenvalue weighted by molar-refractivity contribution is 5.71. The summed E-state index contributed by atoms with van der Waals surface area (Å²) in [5.41, 5.74) is 1.87. The minimum absolute atomic E-state index is 0.0385. The van der Waals surface area contributed by atoms with Gasteiger partial charge in [-0.05, 0) is 43.2 Å². The van der Waals surface area contributed by atoms with Gasteiger partial charge in [0.15, 0.2) is 17.3 Å². The van der Waals surface area contributed by atoms with Crippen molar-refractivity contribution in [1.82, 2.24) is 4.98 Å². The summed E-state index contributed by atoms with van der Waals surface area (Å²) in [6.07, 6.45) is 5.66. The summed E-state index contributed by atoms with van der Waals surface area (Å²) >= 11 is 0. The number of ether oxygens (including phenoxy) is 2. The molecule has 2 aromatic carbocycles. The second-order valence-corrected chi connectivity index (χ2v) is 7.07. The zero-order valence-electron chi connectivity index (χ0n) is 17.6. The molecular weight excluding hydrogens is 382 g/mol. The first-order valence-corrected chi connectivity index (χ1v) is 10.5. The largest absolute Gasteiger partial charge is 0.508 e. The monoisotopic (exact) mass is 411 g/mol. The average Bonchev–Trinajstić information content (AvgIpc) is 3.25. The Morgan fingerprint density at radius 1 is 1.00 bits per heavy atom. The van der Waals surface area contributed by atoms with Gasteiger partial charge in [0.25, 0.3) is 0 Å². The van der Waals surface area contributed by atoms with Gasteiger partial charge in [0.2, 0.25) is 5.89 Å². The molecule has 0 aliphatic carbocycles. The zero-order chi connectivity index (χ0) is 21.3. The first-order valence-electron chi connectivity index (χ1n) is 10.5. The summed E-state index contributed by atoms with van der Waals surface area (Å²) in [6, 6.07) is 10.6. The van der Waals surface area contributed by atoms with Crippen molar-refractivity contribution in [3.8, 4) is 40.0 Å². The van der Waals surface area contributed by atoms with Crippen molar-refractivity contribution in [2.24, 2.45) is 0 Å². The number of unbranched alkanes of at least 4 members (excludes halogenated alkanes) is 2. The highest BCUT2D eigenvalue weighted by Crippen LogP contribution is 2.40. The number of para-hydroxylation sites is 1. The van der Waals surface area contributed by atoms with Crippen LogP contribution in [-0.4, -0.2) is 28.4 Å². The summed E-state index contributed by atoms with van der Waals surface area (Å²) in [7, 11) is 0. The number of aliphatic hydroxyl groups excluding tert-OH is 1. The maximum absolute atomic E-state index is 9.78. The minimum Gasteiger partial charge on any atom is -0.508 e. The van der Waals surface area contributed by atoms with E-state index in [0.29, 0.717) is 47.5 Å². The Morgan fingerprint density at radius 3 is 2.50 bits per heavy atom. The quantitative estimate of drug-likeness (QED) is 0.402. The predicted octanol–water partition coefficient (Wildman–Crippen LogP) is 5.56. The number of aliphatic hydroxyl groups is 1. The molecular formula is C24H29NO5. The van der Waals surface area contributed by atoms with E-state index >= 15 is 0 Å². The average molecular weight is 411 g/mol. The van der Waals surface area contributed by atoms with Gasteiger partial charge in [0, 0.05) is 11.1 Å². The molecule has 0 aliphatic heterocycles. The molecule has 1 heterocycles. The second kappa shape index (κ2) is 10.7. The summed E-state index contributed by atoms with van der Waals surface area (Å²) in [4.78, 5) is 4.38. The molecule has 0 saturated heterocycles. The van der Waals surface area contributed by atoms with Crippen molar-refractivity contribution < 1.29 is 24.1 Å². The van der Waals surface area contributed by atoms with Crippen LogP contribution >= 0.6 is 0 Å². The van der Waals surface area contributed by atoms with E-state index in [2.05, 4.69) is 18.8 Å². The van der Waals surface area contributed by atoms with Crippen LogP contribution in [0.3, 0.4) is 0 Å². The van der Waals surface area contributed by atoms with Crippen molar-refractivity contribution in [2.75, 3.05) is 13.2 Å². The molecule has 160 valence electrons. The third-order valence-electron chi connectivity index (χ3n) is 4.75. The van der Waals surface area contributed by atoms with Gasteiger partial charge in [0.05, 0.1) is 31.6 Å². The summed E-state index contributed by atoms with van der Waals surface area (Å²) < 4.78 is 18.1. The van der Waals surface area contributed by atoms with E-state index in [9.17, 15) is 10.2 Å². The van der Waals surface area contributed by atoms with E-state index in [0.717, 1.165) is 31.2 Å². The van der Waals surface area contributed by atoms with Crippen LogP contribution in [0.15, 0.2) is 47.0 Å². The molecule has 30 heavy (non-hydrogen) atoms. The molecule has 0 fully saturated rings. The lowest BCUT2D eigenvalue weighted by atomic mass is 10.1. The number of oxazole rings is 1. The fourth-order valence-corrected chi connectivity index (χ4v) is 2.99. The highest BCUT2D eigenvalue weighted by atomic mass is 16.5. The number of hydrogen-bond donors (Lipinski definition) is 2. The van der Waals surface area contributed by atoms with Crippen molar-refractivity contribution in [3.05, 3.63) is 48.2 Å².